The van der Waals surface area contributed by atoms with Crippen molar-refractivity contribution in [3.63, 3.8) is 0 Å². The monoisotopic (exact) mass is 872 g/mol. The van der Waals surface area contributed by atoms with Gasteiger partial charge in [-0.25, -0.2) is 17.6 Å². The Morgan fingerprint density at radius 3 is 1.26 bits per heavy atom. The molecule has 0 saturated carbocycles. The zero-order valence-electron chi connectivity index (χ0n) is 21.2. The van der Waals surface area contributed by atoms with Crippen molar-refractivity contribution in [1.82, 2.24) is 35.0 Å². The van der Waals surface area contributed by atoms with Crippen molar-refractivity contribution in [2.75, 3.05) is 0 Å². The van der Waals surface area contributed by atoms with Gasteiger partial charge in [0.05, 0.1) is 77.4 Å². The molecule has 0 saturated heterocycles. The number of aromatic nitrogens is 8. The van der Waals surface area contributed by atoms with Crippen LogP contribution in [0.3, 0.4) is 0 Å². The maximum absolute atomic E-state index is 14.6. The molecule has 0 fully saturated rings. The summed E-state index contributed by atoms with van der Waals surface area (Å²) in [6.07, 6.45) is 0. The van der Waals surface area contributed by atoms with Crippen molar-refractivity contribution in [3.05, 3.63) is 44.3 Å². The third-order valence-corrected chi connectivity index (χ3v) is 9.29. The van der Waals surface area contributed by atoms with Crippen LogP contribution in [0.15, 0.2) is 25.4 Å². The van der Waals surface area contributed by atoms with Gasteiger partial charge in [0.1, 0.15) is 67.4 Å². The van der Waals surface area contributed by atoms with Crippen molar-refractivity contribution in [2.45, 2.75) is 0 Å². The minimum absolute atomic E-state index is 0.0709. The van der Waals surface area contributed by atoms with Gasteiger partial charge in [-0.15, -0.1) is 0 Å². The molecule has 46 heavy (non-hydrogen) atoms. The summed E-state index contributed by atoms with van der Waals surface area (Å²) in [6, 6.07) is 2.50. The summed E-state index contributed by atoms with van der Waals surface area (Å²) in [5, 5.41) is 0.390. The van der Waals surface area contributed by atoms with E-state index in [-0.39, 0.29) is 30.5 Å². The van der Waals surface area contributed by atoms with Crippen LogP contribution in [0.4, 0.5) is 17.6 Å². The molecule has 1 radical (unpaired) electrons. The molecule has 0 unspecified atom stereocenters. The number of benzene rings is 4. The molecule has 4 aromatic heterocycles. The fourth-order valence-corrected chi connectivity index (χ4v) is 7.47. The Morgan fingerprint density at radius 1 is 0.630 bits per heavy atom. The Bertz CT molecular complexity index is 2400. The molecule has 13 nitrogen and oxygen atoms in total. The van der Waals surface area contributed by atoms with E-state index in [4.69, 9.17) is 17.5 Å². The summed E-state index contributed by atoms with van der Waals surface area (Å²) in [7, 11) is -0.330. The average Bonchev–Trinajstić information content (AvgIpc) is 3.80. The van der Waals surface area contributed by atoms with E-state index < -0.39 is 33.7 Å². The Morgan fingerprint density at radius 2 is 0.913 bits per heavy atom. The van der Waals surface area contributed by atoms with Gasteiger partial charge >= 0.3 is 35.2 Å². The molecule has 8 aromatic rings. The van der Waals surface area contributed by atoms with Crippen LogP contribution in [0.2, 0.25) is 0 Å². The van der Waals surface area contributed by atoms with Gasteiger partial charge in [-0.3, -0.25) is 9.11 Å². The number of hydrogen-bond donors (Lipinski definition) is 3. The molecule has 0 bridgehead atoms. The van der Waals surface area contributed by atoms with E-state index >= 15 is 0 Å². The first kappa shape index (κ1) is 34.8. The van der Waals surface area contributed by atoms with Gasteiger partial charge in [-0.1, -0.05) is 0 Å². The molecule has 8 rings (SSSR count). The van der Waals surface area contributed by atoms with Crippen LogP contribution in [-0.2, 0) is 10.4 Å². The van der Waals surface area contributed by atoms with E-state index in [2.05, 4.69) is 91.6 Å². The van der Waals surface area contributed by atoms with Crippen molar-refractivity contribution in [1.29, 1.82) is 0 Å². The molecule has 2 N–H and O–H groups in total. The molecule has 235 valence electrons. The molecular weight excluding hydrogens is 869 g/mol. The number of rotatable bonds is 0. The Hall–Kier alpha value is -2.56. The van der Waals surface area contributed by atoms with Crippen molar-refractivity contribution >= 4 is 175 Å². The summed E-state index contributed by atoms with van der Waals surface area (Å²) in [4.78, 5) is 0. The Kier molecular flexibility index (Phi) is 10.5. The summed E-state index contributed by atoms with van der Waals surface area (Å²) in [5.74, 6) is -2.32. The minimum atomic E-state index is -4.67. The summed E-state index contributed by atoms with van der Waals surface area (Å²) < 4.78 is 124. The van der Waals surface area contributed by atoms with Crippen LogP contribution in [0.1, 0.15) is 0 Å². The molecule has 0 spiro atoms. The quantitative estimate of drug-likeness (QED) is 0.0597. The van der Waals surface area contributed by atoms with E-state index in [1.54, 1.807) is 0 Å². The van der Waals surface area contributed by atoms with Gasteiger partial charge in [0, 0.05) is 12.1 Å². The predicted octanol–water partition coefficient (Wildman–Crippen LogP) is 7.31. The molecule has 0 aliphatic heterocycles. The summed E-state index contributed by atoms with van der Waals surface area (Å²) in [6.45, 7) is 0. The van der Waals surface area contributed by atoms with Gasteiger partial charge in [-0.05, 0) is 31.9 Å². The van der Waals surface area contributed by atoms with E-state index in [1.165, 1.54) is 12.1 Å². The first-order chi connectivity index (χ1) is 21.8. The second kappa shape index (κ2) is 13.9. The van der Waals surface area contributed by atoms with Gasteiger partial charge in [-0.2, -0.15) is 43.4 Å². The second-order valence-electron chi connectivity index (χ2n) is 8.22. The number of fused-ring (bicyclic) bond motifs is 10. The third-order valence-electron chi connectivity index (χ3n) is 5.70. The fraction of sp³-hybridized carbons (Fsp3) is 0. The maximum atomic E-state index is 14.6. The second-order valence-corrected chi connectivity index (χ2v) is 13.0. The van der Waals surface area contributed by atoms with Crippen LogP contribution in [0.25, 0.3) is 65.7 Å². The first-order valence-corrected chi connectivity index (χ1v) is 17.5. The number of thiol groups is 1. The number of hydrogen-bond acceptors (Lipinski definition) is 16. The van der Waals surface area contributed by atoms with Crippen LogP contribution in [0, 0.1) is 23.3 Å². The van der Waals surface area contributed by atoms with Gasteiger partial charge in [0.15, 0.2) is 0 Å². The Labute approximate surface area is 291 Å². The van der Waals surface area contributed by atoms with Gasteiger partial charge in [0.2, 0.25) is 0 Å². The van der Waals surface area contributed by atoms with Crippen LogP contribution in [0.5, 0.6) is 0 Å². The van der Waals surface area contributed by atoms with E-state index in [1.807, 2.05) is 0 Å². The molecule has 0 atom stereocenters. The number of halogens is 6. The van der Waals surface area contributed by atoms with Crippen molar-refractivity contribution < 1.29 is 35.1 Å². The SMILES string of the molecule is Fc1c(Br)c2nsnc2c2c(F)c(Br)c3nsnc3c12.Fc1cc2nsnc2c2c(F)cc3nsnc3c12.O=S(=O)(O)O.[B]=NS. The normalized spacial score (nSPS) is 11.4. The van der Waals surface area contributed by atoms with Crippen molar-refractivity contribution in [2.24, 2.45) is 4.30 Å². The van der Waals surface area contributed by atoms with Crippen molar-refractivity contribution in [3.8, 4) is 0 Å². The molecule has 4 aromatic carbocycles. The molecule has 0 aliphatic rings. The van der Waals surface area contributed by atoms with Crippen LogP contribution < -0.4 is 0 Å². The van der Waals surface area contributed by atoms with Crippen LogP contribution in [-0.4, -0.2) is 60.2 Å². The van der Waals surface area contributed by atoms with E-state index in [9.17, 15) is 17.6 Å². The first-order valence-electron chi connectivity index (χ1n) is 11.2. The topological polar surface area (TPSA) is 190 Å². The standard InChI is InChI=1S/C10Br2F2N4S2.C10H2F2N4S2.BHNS.H2O4S/c11-3-5(13)1-2(8-10(3)18-20-16-8)6(14)4(12)9-7(1)15-19-17-9;11-3-1-5-9(15-17-13-5)8-4(12)2-6-10(7(3)8)16-18-14-6;1-2-3;1-5(2,3)4/h;1-2H;3H;(H2,1,2,3,4). The van der Waals surface area contributed by atoms with Gasteiger partial charge < -0.3 is 0 Å². The van der Waals surface area contributed by atoms with Crippen LogP contribution >= 0.6 is 91.6 Å². The molecular formula is C20H5BBr2F4N9O4S6. The molecule has 0 amide bonds. The van der Waals surface area contributed by atoms with E-state index in [0.717, 1.165) is 46.9 Å². The fourth-order valence-electron chi connectivity index (χ4n) is 4.10. The number of nitrogens with zero attached hydrogens (tertiary/aromatic N) is 9. The third kappa shape index (κ3) is 6.59. The molecule has 4 heterocycles. The zero-order valence-corrected chi connectivity index (χ0v) is 29.4. The zero-order chi connectivity index (χ0) is 33.5. The summed E-state index contributed by atoms with van der Waals surface area (Å²) in [5.41, 5.74) is 2.66. The van der Waals surface area contributed by atoms with Gasteiger partial charge in [0.25, 0.3) is 0 Å². The molecule has 26 heteroatoms. The summed E-state index contributed by atoms with van der Waals surface area (Å²) >= 11 is 13.1. The predicted molar refractivity (Wildman–Crippen MR) is 178 cm³/mol. The average molecular weight is 874 g/mol. The molecule has 0 aliphatic carbocycles. The van der Waals surface area contributed by atoms with E-state index in [0.29, 0.717) is 44.1 Å². The Balaban J connectivity index is 0.000000148.